The molecule has 0 saturated heterocycles. The first-order chi connectivity index (χ1) is 8.75. The standard InChI is InChI=1S/C15H13N2O/c1-17-14-6-4-11(13-3-2-8-16-10-13)9-12(14)5-7-15(17)18/h2-4,6,8-10H,1,5,7H2/q+1. The molecule has 3 nitrogen and oxygen atoms in total. The number of benzene rings is 1. The highest BCUT2D eigenvalue weighted by Gasteiger charge is 2.27. The van der Waals surface area contributed by atoms with E-state index in [1.807, 2.05) is 30.5 Å². The second kappa shape index (κ2) is 4.18. The lowest BCUT2D eigenvalue weighted by molar-refractivity contribution is -0.363. The second-order valence-electron chi connectivity index (χ2n) is 4.41. The Balaban J connectivity index is 2.08. The van der Waals surface area contributed by atoms with E-state index in [0.29, 0.717) is 6.42 Å². The summed E-state index contributed by atoms with van der Waals surface area (Å²) in [6.07, 6.45) is 4.93. The van der Waals surface area contributed by atoms with Gasteiger partial charge in [-0.25, -0.2) is 4.79 Å². The molecule has 0 unspecified atom stereocenters. The molecule has 0 saturated carbocycles. The van der Waals surface area contributed by atoms with Crippen molar-refractivity contribution < 1.29 is 9.37 Å². The Hall–Kier alpha value is -2.29. The molecule has 0 atom stereocenters. The number of pyridine rings is 1. The zero-order valence-electron chi connectivity index (χ0n) is 9.97. The van der Waals surface area contributed by atoms with Gasteiger partial charge < -0.3 is 0 Å². The molecule has 2 heterocycles. The fourth-order valence-corrected chi connectivity index (χ4v) is 2.27. The minimum Gasteiger partial charge on any atom is -0.264 e. The lowest BCUT2D eigenvalue weighted by Crippen LogP contribution is -2.20. The van der Waals surface area contributed by atoms with E-state index in [-0.39, 0.29) is 5.91 Å². The van der Waals surface area contributed by atoms with Crippen molar-refractivity contribution in [2.75, 3.05) is 0 Å². The van der Waals surface area contributed by atoms with E-state index in [9.17, 15) is 4.79 Å². The van der Waals surface area contributed by atoms with Gasteiger partial charge in [0.25, 0.3) is 0 Å². The molecule has 0 spiro atoms. The first kappa shape index (κ1) is 10.8. The van der Waals surface area contributed by atoms with Crippen molar-refractivity contribution in [1.82, 2.24) is 4.98 Å². The molecule has 1 aromatic carbocycles. The minimum absolute atomic E-state index is 0.0802. The van der Waals surface area contributed by atoms with Gasteiger partial charge in [0.1, 0.15) is 6.72 Å². The number of aromatic nitrogens is 1. The first-order valence-corrected chi connectivity index (χ1v) is 5.92. The minimum atomic E-state index is 0.0802. The van der Waals surface area contributed by atoms with E-state index in [1.165, 1.54) is 10.1 Å². The number of hydrogen-bond acceptors (Lipinski definition) is 2. The molecule has 0 aliphatic carbocycles. The van der Waals surface area contributed by atoms with Crippen LogP contribution in [0, 0.1) is 0 Å². The number of fused-ring (bicyclic) bond motifs is 1. The topological polar surface area (TPSA) is 33.0 Å². The first-order valence-electron chi connectivity index (χ1n) is 5.92. The Kier molecular flexibility index (Phi) is 2.52. The van der Waals surface area contributed by atoms with Crippen LogP contribution in [0.4, 0.5) is 5.69 Å². The van der Waals surface area contributed by atoms with Gasteiger partial charge in [-0.05, 0) is 30.2 Å². The fraction of sp³-hybridized carbons (Fsp3) is 0.133. The van der Waals surface area contributed by atoms with Crippen LogP contribution in [0.2, 0.25) is 0 Å². The fourth-order valence-electron chi connectivity index (χ4n) is 2.27. The predicted octanol–water partition coefficient (Wildman–Crippen LogP) is 2.57. The highest BCUT2D eigenvalue weighted by molar-refractivity contribution is 5.77. The summed E-state index contributed by atoms with van der Waals surface area (Å²) in [5.41, 5.74) is 4.31. The van der Waals surface area contributed by atoms with Crippen LogP contribution in [0.3, 0.4) is 0 Å². The molecular formula is C15H13N2O+. The lowest BCUT2D eigenvalue weighted by atomic mass is 9.97. The molecular weight excluding hydrogens is 224 g/mol. The number of carbonyl (C=O) groups excluding carboxylic acids is 1. The predicted molar refractivity (Wildman–Crippen MR) is 70.0 cm³/mol. The van der Waals surface area contributed by atoms with Crippen molar-refractivity contribution in [3.8, 4) is 11.1 Å². The quantitative estimate of drug-likeness (QED) is 0.714. The van der Waals surface area contributed by atoms with Gasteiger partial charge in [0.15, 0.2) is 0 Å². The maximum absolute atomic E-state index is 11.6. The van der Waals surface area contributed by atoms with E-state index in [2.05, 4.69) is 17.8 Å². The average molecular weight is 237 g/mol. The maximum Gasteiger partial charge on any atom is 0.392 e. The van der Waals surface area contributed by atoms with Crippen LogP contribution in [-0.2, 0) is 11.2 Å². The van der Waals surface area contributed by atoms with Gasteiger partial charge >= 0.3 is 5.91 Å². The molecule has 1 aliphatic rings. The normalized spacial score (nSPS) is 14.4. The Labute approximate surface area is 105 Å². The Morgan fingerprint density at radius 2 is 2.06 bits per heavy atom. The molecule has 0 radical (unpaired) electrons. The van der Waals surface area contributed by atoms with Crippen molar-refractivity contribution in [3.05, 3.63) is 48.3 Å². The number of aryl methyl sites for hydroxylation is 1. The SMILES string of the molecule is C=[N+]1C(=O)CCc2cc(-c3cccnc3)ccc21. The molecule has 0 fully saturated rings. The Morgan fingerprint density at radius 3 is 2.83 bits per heavy atom. The van der Waals surface area contributed by atoms with Crippen LogP contribution in [0.1, 0.15) is 12.0 Å². The van der Waals surface area contributed by atoms with Crippen LogP contribution >= 0.6 is 0 Å². The molecule has 88 valence electrons. The zero-order chi connectivity index (χ0) is 12.5. The summed E-state index contributed by atoms with van der Waals surface area (Å²) in [6.45, 7) is 3.79. The number of hydrogen-bond donors (Lipinski definition) is 0. The molecule has 0 N–H and O–H groups in total. The van der Waals surface area contributed by atoms with E-state index < -0.39 is 0 Å². The van der Waals surface area contributed by atoms with Crippen molar-refractivity contribution in [2.24, 2.45) is 0 Å². The summed E-state index contributed by atoms with van der Waals surface area (Å²) in [5.74, 6) is 0.0802. The van der Waals surface area contributed by atoms with E-state index in [4.69, 9.17) is 0 Å². The van der Waals surface area contributed by atoms with Crippen LogP contribution in [-0.4, -0.2) is 22.2 Å². The van der Waals surface area contributed by atoms with E-state index >= 15 is 0 Å². The molecule has 1 aromatic heterocycles. The molecule has 1 amide bonds. The van der Waals surface area contributed by atoms with Gasteiger partial charge in [-0.2, -0.15) is 0 Å². The molecule has 3 rings (SSSR count). The van der Waals surface area contributed by atoms with Crippen LogP contribution in [0.15, 0.2) is 42.7 Å². The lowest BCUT2D eigenvalue weighted by Gasteiger charge is -2.12. The number of nitrogens with zero attached hydrogens (tertiary/aromatic N) is 2. The third-order valence-corrected chi connectivity index (χ3v) is 3.27. The smallest absolute Gasteiger partial charge is 0.264 e. The summed E-state index contributed by atoms with van der Waals surface area (Å²) in [5, 5.41) is 0. The van der Waals surface area contributed by atoms with Crippen LogP contribution in [0.5, 0.6) is 0 Å². The van der Waals surface area contributed by atoms with Crippen molar-refractivity contribution in [2.45, 2.75) is 12.8 Å². The average Bonchev–Trinajstić information content (AvgIpc) is 2.44. The van der Waals surface area contributed by atoms with Crippen molar-refractivity contribution in [3.63, 3.8) is 0 Å². The van der Waals surface area contributed by atoms with Crippen LogP contribution < -0.4 is 0 Å². The van der Waals surface area contributed by atoms with Gasteiger partial charge in [0.2, 0.25) is 5.69 Å². The molecule has 3 heteroatoms. The molecule has 18 heavy (non-hydrogen) atoms. The molecule has 2 aromatic rings. The van der Waals surface area contributed by atoms with Gasteiger partial charge in [-0.15, -0.1) is 4.58 Å². The monoisotopic (exact) mass is 237 g/mol. The third kappa shape index (κ3) is 1.74. The van der Waals surface area contributed by atoms with Gasteiger partial charge in [-0.3, -0.25) is 4.98 Å². The number of rotatable bonds is 1. The van der Waals surface area contributed by atoms with Crippen molar-refractivity contribution >= 4 is 18.3 Å². The summed E-state index contributed by atoms with van der Waals surface area (Å²) in [4.78, 5) is 15.7. The van der Waals surface area contributed by atoms with Gasteiger partial charge in [0.05, 0.1) is 6.42 Å². The second-order valence-corrected chi connectivity index (χ2v) is 4.41. The highest BCUT2D eigenvalue weighted by atomic mass is 16.2. The largest absolute Gasteiger partial charge is 0.392 e. The summed E-state index contributed by atoms with van der Waals surface area (Å²) in [6, 6.07) is 10.0. The third-order valence-electron chi connectivity index (χ3n) is 3.27. The molecule has 1 aliphatic heterocycles. The number of amides is 1. The number of carbonyl (C=O) groups is 1. The van der Waals surface area contributed by atoms with Crippen LogP contribution in [0.25, 0.3) is 11.1 Å². The molecule has 0 bridgehead atoms. The summed E-state index contributed by atoms with van der Waals surface area (Å²) < 4.78 is 1.49. The Morgan fingerprint density at radius 1 is 1.17 bits per heavy atom. The van der Waals surface area contributed by atoms with E-state index in [1.54, 1.807) is 6.20 Å². The van der Waals surface area contributed by atoms with Crippen molar-refractivity contribution in [1.29, 1.82) is 0 Å². The maximum atomic E-state index is 11.6. The Bertz CT molecular complexity index is 632. The summed E-state index contributed by atoms with van der Waals surface area (Å²) in [7, 11) is 0. The summed E-state index contributed by atoms with van der Waals surface area (Å²) >= 11 is 0. The van der Waals surface area contributed by atoms with E-state index in [0.717, 1.165) is 23.2 Å². The highest BCUT2D eigenvalue weighted by Crippen LogP contribution is 2.30. The van der Waals surface area contributed by atoms with Gasteiger partial charge in [0, 0.05) is 29.6 Å². The zero-order valence-corrected chi connectivity index (χ0v) is 9.97. The van der Waals surface area contributed by atoms with Gasteiger partial charge in [-0.1, -0.05) is 6.07 Å².